The number of aromatic nitrogens is 1. The second kappa shape index (κ2) is 5.65. The minimum atomic E-state index is 0.842. The van der Waals surface area contributed by atoms with Crippen molar-refractivity contribution in [3.63, 3.8) is 0 Å². The standard InChI is InChI=1S/C13H15BrN2S/c1-3-13-16-8-10(17-13)7-15-12-6-4-5-11(14)9(12)2/h4-6,8,15H,3,7H2,1-2H3. The second-order valence-electron chi connectivity index (χ2n) is 3.84. The maximum atomic E-state index is 4.36. The molecule has 0 fully saturated rings. The van der Waals surface area contributed by atoms with Gasteiger partial charge in [-0.1, -0.05) is 28.9 Å². The third-order valence-electron chi connectivity index (χ3n) is 2.62. The molecule has 0 bridgehead atoms. The molecule has 1 aromatic heterocycles. The van der Waals surface area contributed by atoms with E-state index in [4.69, 9.17) is 0 Å². The fraction of sp³-hybridized carbons (Fsp3) is 0.308. The van der Waals surface area contributed by atoms with E-state index in [2.05, 4.69) is 52.2 Å². The van der Waals surface area contributed by atoms with E-state index in [0.717, 1.165) is 17.4 Å². The molecule has 0 amide bonds. The van der Waals surface area contributed by atoms with Gasteiger partial charge < -0.3 is 5.32 Å². The Morgan fingerprint density at radius 1 is 1.41 bits per heavy atom. The van der Waals surface area contributed by atoms with Crippen molar-refractivity contribution >= 4 is 33.0 Å². The highest BCUT2D eigenvalue weighted by molar-refractivity contribution is 9.10. The normalized spacial score (nSPS) is 10.5. The predicted molar refractivity (Wildman–Crippen MR) is 77.7 cm³/mol. The molecule has 1 aromatic carbocycles. The maximum absolute atomic E-state index is 4.36. The van der Waals surface area contributed by atoms with Crippen LogP contribution in [0.25, 0.3) is 0 Å². The Bertz CT molecular complexity index is 508. The number of hydrogen-bond acceptors (Lipinski definition) is 3. The molecule has 0 unspecified atom stereocenters. The van der Waals surface area contributed by atoms with Crippen molar-refractivity contribution in [2.75, 3.05) is 5.32 Å². The van der Waals surface area contributed by atoms with Gasteiger partial charge in [-0.25, -0.2) is 4.98 Å². The van der Waals surface area contributed by atoms with Crippen LogP contribution in [0.3, 0.4) is 0 Å². The monoisotopic (exact) mass is 310 g/mol. The van der Waals surface area contributed by atoms with Gasteiger partial charge in [0.25, 0.3) is 0 Å². The highest BCUT2D eigenvalue weighted by Gasteiger charge is 2.03. The van der Waals surface area contributed by atoms with E-state index in [0.29, 0.717) is 0 Å². The Balaban J connectivity index is 2.04. The Morgan fingerprint density at radius 2 is 2.24 bits per heavy atom. The van der Waals surface area contributed by atoms with E-state index in [-0.39, 0.29) is 0 Å². The number of nitrogens with zero attached hydrogens (tertiary/aromatic N) is 1. The van der Waals surface area contributed by atoms with Gasteiger partial charge in [-0.3, -0.25) is 0 Å². The molecular formula is C13H15BrN2S. The van der Waals surface area contributed by atoms with Gasteiger partial charge in [0.15, 0.2) is 0 Å². The lowest BCUT2D eigenvalue weighted by molar-refractivity contribution is 1.09. The third kappa shape index (κ3) is 3.07. The van der Waals surface area contributed by atoms with Crippen molar-refractivity contribution in [1.29, 1.82) is 0 Å². The molecule has 0 radical (unpaired) electrons. The first-order valence-electron chi connectivity index (χ1n) is 5.63. The first-order chi connectivity index (χ1) is 8.20. The van der Waals surface area contributed by atoms with Gasteiger partial charge in [-0.2, -0.15) is 0 Å². The molecule has 17 heavy (non-hydrogen) atoms. The van der Waals surface area contributed by atoms with Crippen molar-refractivity contribution in [2.45, 2.75) is 26.8 Å². The number of benzene rings is 1. The molecule has 0 saturated heterocycles. The topological polar surface area (TPSA) is 24.9 Å². The number of aryl methyl sites for hydroxylation is 1. The minimum Gasteiger partial charge on any atom is -0.380 e. The highest BCUT2D eigenvalue weighted by Crippen LogP contribution is 2.24. The van der Waals surface area contributed by atoms with Gasteiger partial charge in [0.2, 0.25) is 0 Å². The van der Waals surface area contributed by atoms with Gasteiger partial charge in [-0.05, 0) is 31.0 Å². The van der Waals surface area contributed by atoms with Crippen LogP contribution in [-0.2, 0) is 13.0 Å². The van der Waals surface area contributed by atoms with Crippen LogP contribution < -0.4 is 5.32 Å². The Hall–Kier alpha value is -0.870. The largest absolute Gasteiger partial charge is 0.380 e. The van der Waals surface area contributed by atoms with Crippen molar-refractivity contribution in [3.05, 3.63) is 44.3 Å². The lowest BCUT2D eigenvalue weighted by atomic mass is 10.2. The van der Waals surface area contributed by atoms with Gasteiger partial charge in [-0.15, -0.1) is 11.3 Å². The second-order valence-corrected chi connectivity index (χ2v) is 5.89. The number of rotatable bonds is 4. The molecule has 0 saturated carbocycles. The van der Waals surface area contributed by atoms with Gasteiger partial charge >= 0.3 is 0 Å². The molecule has 4 heteroatoms. The number of hydrogen-bond donors (Lipinski definition) is 1. The summed E-state index contributed by atoms with van der Waals surface area (Å²) in [7, 11) is 0. The Morgan fingerprint density at radius 3 is 2.94 bits per heavy atom. The van der Waals surface area contributed by atoms with Gasteiger partial charge in [0, 0.05) is 21.2 Å². The summed E-state index contributed by atoms with van der Waals surface area (Å²) in [6, 6.07) is 6.20. The molecule has 0 aliphatic carbocycles. The minimum absolute atomic E-state index is 0.842. The third-order valence-corrected chi connectivity index (χ3v) is 4.63. The summed E-state index contributed by atoms with van der Waals surface area (Å²) in [5, 5.41) is 4.65. The zero-order valence-corrected chi connectivity index (χ0v) is 12.4. The van der Waals surface area contributed by atoms with Crippen LogP contribution in [0.1, 0.15) is 22.4 Å². The van der Waals surface area contributed by atoms with Gasteiger partial charge in [0.05, 0.1) is 11.6 Å². The molecule has 0 aliphatic heterocycles. The Labute approximate surface area is 114 Å². The number of thiazole rings is 1. The molecular weight excluding hydrogens is 296 g/mol. The fourth-order valence-electron chi connectivity index (χ4n) is 1.57. The summed E-state index contributed by atoms with van der Waals surface area (Å²) < 4.78 is 1.14. The van der Waals surface area contributed by atoms with Crippen LogP contribution in [0.4, 0.5) is 5.69 Å². The smallest absolute Gasteiger partial charge is 0.0925 e. The fourth-order valence-corrected chi connectivity index (χ4v) is 2.74. The number of nitrogens with one attached hydrogen (secondary N) is 1. The van der Waals surface area contributed by atoms with E-state index in [1.54, 1.807) is 11.3 Å². The number of anilines is 1. The zero-order chi connectivity index (χ0) is 12.3. The Kier molecular flexibility index (Phi) is 4.18. The van der Waals surface area contributed by atoms with E-state index in [9.17, 15) is 0 Å². The SMILES string of the molecule is CCc1ncc(CNc2cccc(Br)c2C)s1. The van der Waals surface area contributed by atoms with Crippen molar-refractivity contribution in [3.8, 4) is 0 Å². The molecule has 2 rings (SSSR count). The molecule has 0 atom stereocenters. The van der Waals surface area contributed by atoms with Crippen LogP contribution in [-0.4, -0.2) is 4.98 Å². The van der Waals surface area contributed by atoms with Gasteiger partial charge in [0.1, 0.15) is 0 Å². The van der Waals surface area contributed by atoms with Crippen LogP contribution in [0.15, 0.2) is 28.9 Å². The molecule has 1 N–H and O–H groups in total. The molecule has 0 spiro atoms. The lowest BCUT2D eigenvalue weighted by Crippen LogP contribution is -1.99. The average molecular weight is 311 g/mol. The van der Waals surface area contributed by atoms with Crippen molar-refractivity contribution in [2.24, 2.45) is 0 Å². The van der Waals surface area contributed by atoms with E-state index in [1.807, 2.05) is 12.3 Å². The summed E-state index contributed by atoms with van der Waals surface area (Å²) in [5.74, 6) is 0. The maximum Gasteiger partial charge on any atom is 0.0925 e. The van der Waals surface area contributed by atoms with Crippen molar-refractivity contribution < 1.29 is 0 Å². The summed E-state index contributed by atoms with van der Waals surface area (Å²) in [4.78, 5) is 5.64. The van der Waals surface area contributed by atoms with Crippen LogP contribution in [0, 0.1) is 6.92 Å². The van der Waals surface area contributed by atoms with E-state index < -0.39 is 0 Å². The quantitative estimate of drug-likeness (QED) is 0.906. The van der Waals surface area contributed by atoms with E-state index >= 15 is 0 Å². The molecule has 90 valence electrons. The molecule has 0 aliphatic rings. The highest BCUT2D eigenvalue weighted by atomic mass is 79.9. The average Bonchev–Trinajstić information content (AvgIpc) is 2.79. The number of halogens is 1. The molecule has 2 nitrogen and oxygen atoms in total. The first-order valence-corrected chi connectivity index (χ1v) is 7.24. The summed E-state index contributed by atoms with van der Waals surface area (Å²) in [6.07, 6.45) is 2.98. The summed E-state index contributed by atoms with van der Waals surface area (Å²) in [6.45, 7) is 5.08. The summed E-state index contributed by atoms with van der Waals surface area (Å²) in [5.41, 5.74) is 2.42. The lowest BCUT2D eigenvalue weighted by Gasteiger charge is -2.09. The zero-order valence-electron chi connectivity index (χ0n) is 9.96. The van der Waals surface area contributed by atoms with Crippen molar-refractivity contribution in [1.82, 2.24) is 4.98 Å². The molecule has 1 heterocycles. The van der Waals surface area contributed by atoms with Crippen LogP contribution in [0.2, 0.25) is 0 Å². The van der Waals surface area contributed by atoms with Crippen LogP contribution >= 0.6 is 27.3 Å². The predicted octanol–water partition coefficient (Wildman–Crippen LogP) is 4.39. The van der Waals surface area contributed by atoms with E-state index in [1.165, 1.54) is 21.1 Å². The van der Waals surface area contributed by atoms with Crippen LogP contribution in [0.5, 0.6) is 0 Å². The first kappa shape index (κ1) is 12.6. The summed E-state index contributed by atoms with van der Waals surface area (Å²) >= 11 is 5.31. The molecule has 2 aromatic rings.